The van der Waals surface area contributed by atoms with Crippen molar-refractivity contribution in [2.45, 2.75) is 127 Å². The first-order valence-corrected chi connectivity index (χ1v) is 26.2. The molecule has 5 atom stereocenters. The van der Waals surface area contributed by atoms with E-state index in [9.17, 15) is 61.5 Å². The fraction of sp³-hybridized carbons (Fsp3) is 0.407. The van der Waals surface area contributed by atoms with E-state index in [0.717, 1.165) is 16.8 Å². The Morgan fingerprint density at radius 2 is 1.40 bits per heavy atom. The Bertz CT molecular complexity index is 2880. The second-order valence-electron chi connectivity index (χ2n) is 19.4. The van der Waals surface area contributed by atoms with Gasteiger partial charge >= 0.3 is 11.9 Å². The number of hydrogen-bond acceptors (Lipinski definition) is 11. The first-order chi connectivity index (χ1) is 35.5. The van der Waals surface area contributed by atoms with Crippen LogP contribution in [0.4, 0.5) is 0 Å². The van der Waals surface area contributed by atoms with Gasteiger partial charge in [0.15, 0.2) is 0 Å². The van der Waals surface area contributed by atoms with Crippen LogP contribution in [0, 0.1) is 0 Å². The average molecular weight is 1060 g/mol. The molecule has 0 spiro atoms. The number of likely N-dealkylation sites (tertiary alicyclic amines) is 1. The highest BCUT2D eigenvalue weighted by molar-refractivity contribution is 7.85. The number of hydrogen-bond donors (Lipinski definition) is 8. The Balaban J connectivity index is 1.43. The van der Waals surface area contributed by atoms with Crippen molar-refractivity contribution in [3.63, 3.8) is 0 Å². The van der Waals surface area contributed by atoms with E-state index < -0.39 is 99.0 Å². The number of aliphatic carboxylic acids is 2. The first-order valence-electron chi connectivity index (χ1n) is 24.6. The quantitative estimate of drug-likeness (QED) is 0.0339. The number of methoxy groups -OCH3 is 1. The third-order valence-corrected chi connectivity index (χ3v) is 13.0. The van der Waals surface area contributed by atoms with E-state index in [1.807, 2.05) is 42.5 Å². The predicted octanol–water partition coefficient (Wildman–Crippen LogP) is 4.33. The number of carboxylic acids is 2. The van der Waals surface area contributed by atoms with Gasteiger partial charge in [0.25, 0.3) is 16.0 Å². The van der Waals surface area contributed by atoms with Crippen LogP contribution in [0.1, 0.15) is 105 Å². The molecule has 75 heavy (non-hydrogen) atoms. The van der Waals surface area contributed by atoms with Crippen LogP contribution in [0.3, 0.4) is 0 Å². The van der Waals surface area contributed by atoms with Crippen LogP contribution in [0.5, 0.6) is 5.75 Å². The number of fused-ring (bicyclic) bond motifs is 1. The predicted molar refractivity (Wildman–Crippen MR) is 279 cm³/mol. The van der Waals surface area contributed by atoms with Gasteiger partial charge in [0.05, 0.1) is 12.7 Å². The number of nitrogens with one attached hydrogen (secondary N) is 5. The number of para-hydroxylation sites is 1. The zero-order valence-corrected chi connectivity index (χ0v) is 43.4. The van der Waals surface area contributed by atoms with Crippen LogP contribution in [0.25, 0.3) is 16.8 Å². The minimum Gasteiger partial charge on any atom is -0.495 e. The molecule has 0 bridgehead atoms. The van der Waals surface area contributed by atoms with Gasteiger partial charge < -0.3 is 46.4 Å². The van der Waals surface area contributed by atoms with Crippen molar-refractivity contribution in [1.82, 2.24) is 31.5 Å². The Morgan fingerprint density at radius 3 is 2.04 bits per heavy atom. The average Bonchev–Trinajstić information content (AvgIpc) is 3.84. The van der Waals surface area contributed by atoms with Gasteiger partial charge in [-0.05, 0) is 92.5 Å². The Hall–Kier alpha value is -7.65. The lowest BCUT2D eigenvalue weighted by Crippen LogP contribution is -2.59. The van der Waals surface area contributed by atoms with E-state index in [2.05, 4.69) is 26.6 Å². The van der Waals surface area contributed by atoms with Crippen molar-refractivity contribution in [2.75, 3.05) is 13.7 Å². The van der Waals surface area contributed by atoms with Gasteiger partial charge in [0, 0.05) is 43.0 Å². The third-order valence-electron chi connectivity index (χ3n) is 12.3. The van der Waals surface area contributed by atoms with Crippen molar-refractivity contribution in [3.05, 3.63) is 119 Å². The minimum atomic E-state index is -4.36. The number of carboxylic acid groups (broad SMARTS) is 2. The summed E-state index contributed by atoms with van der Waals surface area (Å²) in [5, 5.41) is 34.2. The summed E-state index contributed by atoms with van der Waals surface area (Å²) in [6, 6.07) is 17.2. The zero-order valence-electron chi connectivity index (χ0n) is 42.6. The molecule has 1 aliphatic rings. The van der Waals surface area contributed by atoms with Gasteiger partial charge in [0.2, 0.25) is 29.5 Å². The molecule has 4 aromatic rings. The van der Waals surface area contributed by atoms with Gasteiger partial charge in [-0.1, -0.05) is 92.2 Å². The molecule has 1 saturated heterocycles. The van der Waals surface area contributed by atoms with Crippen molar-refractivity contribution in [3.8, 4) is 5.75 Å². The second kappa shape index (κ2) is 26.5. The lowest BCUT2D eigenvalue weighted by molar-refractivity contribution is -0.142. The fourth-order valence-corrected chi connectivity index (χ4v) is 9.48. The highest BCUT2D eigenvalue weighted by atomic mass is 32.2. The molecule has 0 aliphatic carbocycles. The number of nitrogens with zero attached hydrogens (tertiary/aromatic N) is 1. The SMILES string of the molecule is CCC[C@H](NC(=O)[C@H](Cc1ccc(CS(=O)(=O)O)cc1)NC(=O)c1cccc(/C=C/C(=O)O)c1OC)C(=O)N1CCC[C@H]1C(=O)N[C@@H](Cc1cccc2ccccc12)C(=O)N[C@@H](CCCC(=O)O)C(=O)NC(C)(C)C. The molecule has 0 radical (unpaired) electrons. The monoisotopic (exact) mass is 1050 g/mol. The van der Waals surface area contributed by atoms with E-state index in [4.69, 9.17) is 4.74 Å². The van der Waals surface area contributed by atoms with Crippen molar-refractivity contribution in [1.29, 1.82) is 0 Å². The second-order valence-corrected chi connectivity index (χ2v) is 20.9. The molecule has 402 valence electrons. The maximum atomic E-state index is 14.7. The third kappa shape index (κ3) is 17.5. The molecular weight excluding hydrogens is 989 g/mol. The summed E-state index contributed by atoms with van der Waals surface area (Å²) in [6.45, 7) is 7.19. The number of carbonyl (C=O) groups excluding carboxylic acids is 6. The number of ether oxygens (including phenoxy) is 1. The molecule has 20 nitrogen and oxygen atoms in total. The normalized spacial score (nSPS) is 15.3. The van der Waals surface area contributed by atoms with Crippen LogP contribution in [-0.2, 0) is 62.3 Å². The van der Waals surface area contributed by atoms with E-state index in [1.54, 1.807) is 27.7 Å². The molecule has 1 heterocycles. The van der Waals surface area contributed by atoms with Gasteiger partial charge in [-0.2, -0.15) is 8.42 Å². The molecule has 0 saturated carbocycles. The number of benzene rings is 4. The molecule has 0 aromatic heterocycles. The summed E-state index contributed by atoms with van der Waals surface area (Å²) < 4.78 is 38.0. The van der Waals surface area contributed by atoms with Crippen LogP contribution >= 0.6 is 0 Å². The van der Waals surface area contributed by atoms with E-state index in [0.29, 0.717) is 24.0 Å². The first kappa shape index (κ1) is 58.2. The van der Waals surface area contributed by atoms with Gasteiger partial charge in [-0.25, -0.2) is 4.79 Å². The summed E-state index contributed by atoms with van der Waals surface area (Å²) in [6.07, 6.45) is 2.81. The van der Waals surface area contributed by atoms with Crippen molar-refractivity contribution in [2.24, 2.45) is 0 Å². The van der Waals surface area contributed by atoms with Gasteiger partial charge in [0.1, 0.15) is 41.7 Å². The summed E-state index contributed by atoms with van der Waals surface area (Å²) in [7, 11) is -3.08. The summed E-state index contributed by atoms with van der Waals surface area (Å²) in [5.41, 5.74) is 0.921. The maximum Gasteiger partial charge on any atom is 0.328 e. The van der Waals surface area contributed by atoms with Crippen LogP contribution in [0.15, 0.2) is 91.0 Å². The molecule has 6 amide bonds. The molecule has 0 unspecified atom stereocenters. The fourth-order valence-electron chi connectivity index (χ4n) is 8.86. The largest absolute Gasteiger partial charge is 0.495 e. The van der Waals surface area contributed by atoms with E-state index >= 15 is 0 Å². The lowest BCUT2D eigenvalue weighted by atomic mass is 9.97. The molecule has 21 heteroatoms. The van der Waals surface area contributed by atoms with E-state index in [1.165, 1.54) is 60.6 Å². The van der Waals surface area contributed by atoms with Crippen molar-refractivity contribution < 1.29 is 66.3 Å². The van der Waals surface area contributed by atoms with Crippen LogP contribution < -0.4 is 31.3 Å². The number of rotatable bonds is 25. The topological polar surface area (TPSA) is 304 Å². The molecule has 8 N–H and O–H groups in total. The highest BCUT2D eigenvalue weighted by Gasteiger charge is 2.40. The van der Waals surface area contributed by atoms with Gasteiger partial charge in [-0.3, -0.25) is 38.1 Å². The smallest absolute Gasteiger partial charge is 0.328 e. The molecular formula is C54H66N6O14S. The zero-order chi connectivity index (χ0) is 55.0. The Morgan fingerprint density at radius 1 is 0.760 bits per heavy atom. The molecule has 5 rings (SSSR count). The van der Waals surface area contributed by atoms with Crippen molar-refractivity contribution >= 4 is 74.3 Å². The highest BCUT2D eigenvalue weighted by Crippen LogP contribution is 2.27. The Kier molecular flexibility index (Phi) is 20.6. The summed E-state index contributed by atoms with van der Waals surface area (Å²) >= 11 is 0. The molecule has 1 aliphatic heterocycles. The maximum absolute atomic E-state index is 14.7. The van der Waals surface area contributed by atoms with Gasteiger partial charge in [-0.15, -0.1) is 0 Å². The summed E-state index contributed by atoms with van der Waals surface area (Å²) in [4.78, 5) is 110. The lowest BCUT2D eigenvalue weighted by Gasteiger charge is -2.31. The molecule has 1 fully saturated rings. The minimum absolute atomic E-state index is 0.00816. The number of carbonyl (C=O) groups is 8. The summed E-state index contributed by atoms with van der Waals surface area (Å²) in [5.74, 6) is -7.08. The van der Waals surface area contributed by atoms with Crippen LogP contribution in [-0.4, -0.2) is 125 Å². The van der Waals surface area contributed by atoms with Crippen LogP contribution in [0.2, 0.25) is 0 Å². The number of amides is 6. The standard InChI is InChI=1S/C54H66N6O14S/c1-6-13-41(56-49(66)42(30-33-23-25-34(26-24-33)32-75(71,72)73)57-48(65)39-19-10-16-36(47(39)74-5)27-28-46(63)64)53(70)60-29-12-21-44(60)52(69)58-43(31-37-17-9-15-35-14-7-8-18-38(35)37)50(67)55-40(20-11-22-45(61)62)51(68)59-54(2,3)4/h7-10,14-19,23-28,40-44H,6,11-13,20-22,29-32H2,1-5H3,(H,55,67)(H,56,66)(H,57,65)(H,58,69)(H,59,68)(H,61,62)(H,63,64)(H,71,72,73)/b28-27+/t40-,41-,42-,43-,44-/m0/s1. The Labute approximate surface area is 435 Å². The molecule has 4 aromatic carbocycles. The van der Waals surface area contributed by atoms with E-state index in [-0.39, 0.29) is 73.9 Å².